The Kier molecular flexibility index (Phi) is 2.51. The molecule has 17 heavy (non-hydrogen) atoms. The van der Waals surface area contributed by atoms with E-state index in [2.05, 4.69) is 25.2 Å². The maximum Gasteiger partial charge on any atom is 0.126 e. The fourth-order valence-electron chi connectivity index (χ4n) is 3.03. The van der Waals surface area contributed by atoms with Gasteiger partial charge in [-0.2, -0.15) is 0 Å². The third-order valence-electron chi connectivity index (χ3n) is 4.54. The van der Waals surface area contributed by atoms with Gasteiger partial charge in [0.2, 0.25) is 0 Å². The van der Waals surface area contributed by atoms with E-state index >= 15 is 0 Å². The molecule has 2 heteroatoms. The van der Waals surface area contributed by atoms with Crippen molar-refractivity contribution in [3.05, 3.63) is 35.1 Å². The number of hydrogen-bond acceptors (Lipinski definition) is 1. The minimum absolute atomic E-state index is 0.0291. The van der Waals surface area contributed by atoms with E-state index in [9.17, 15) is 4.39 Å². The molecule has 1 aromatic rings. The smallest absolute Gasteiger partial charge is 0.126 e. The first-order valence-corrected chi connectivity index (χ1v) is 6.58. The van der Waals surface area contributed by atoms with Crippen LogP contribution in [0.5, 0.6) is 0 Å². The quantitative estimate of drug-likeness (QED) is 0.843. The Labute approximate surface area is 102 Å². The largest absolute Gasteiger partial charge is 0.310 e. The highest BCUT2D eigenvalue weighted by Crippen LogP contribution is 2.51. The first-order valence-electron chi connectivity index (χ1n) is 6.58. The molecular formula is C15H20FN. The van der Waals surface area contributed by atoms with Gasteiger partial charge in [-0.25, -0.2) is 4.39 Å². The van der Waals surface area contributed by atoms with Gasteiger partial charge in [0.1, 0.15) is 5.82 Å². The van der Waals surface area contributed by atoms with Crippen molar-refractivity contribution < 1.29 is 4.39 Å². The monoisotopic (exact) mass is 233 g/mol. The molecule has 0 aromatic heterocycles. The number of fused-ring (bicyclic) bond motifs is 1. The molecular weight excluding hydrogens is 213 g/mol. The Morgan fingerprint density at radius 1 is 1.41 bits per heavy atom. The van der Waals surface area contributed by atoms with Crippen LogP contribution in [0.25, 0.3) is 0 Å². The summed E-state index contributed by atoms with van der Waals surface area (Å²) in [6.45, 7) is 5.72. The number of halogens is 1. The Morgan fingerprint density at radius 2 is 2.18 bits per heavy atom. The summed E-state index contributed by atoms with van der Waals surface area (Å²) in [4.78, 5) is 0. The van der Waals surface area contributed by atoms with Gasteiger partial charge in [0.05, 0.1) is 0 Å². The van der Waals surface area contributed by atoms with E-state index in [0.717, 1.165) is 30.9 Å². The molecule has 92 valence electrons. The summed E-state index contributed by atoms with van der Waals surface area (Å²) in [5.74, 6) is 0.777. The molecule has 0 aliphatic heterocycles. The Hall–Kier alpha value is -0.890. The normalized spacial score (nSPS) is 29.1. The van der Waals surface area contributed by atoms with E-state index in [1.807, 2.05) is 6.07 Å². The van der Waals surface area contributed by atoms with Crippen LogP contribution in [0.4, 0.5) is 4.39 Å². The van der Waals surface area contributed by atoms with Crippen molar-refractivity contribution in [2.45, 2.75) is 39.2 Å². The molecule has 0 bridgehead atoms. The van der Waals surface area contributed by atoms with Gasteiger partial charge in [0.15, 0.2) is 0 Å². The third-order valence-corrected chi connectivity index (χ3v) is 4.54. The molecule has 2 atom stereocenters. The van der Waals surface area contributed by atoms with E-state index in [0.29, 0.717) is 11.5 Å². The van der Waals surface area contributed by atoms with Gasteiger partial charge < -0.3 is 5.32 Å². The molecule has 1 fully saturated rings. The van der Waals surface area contributed by atoms with Crippen molar-refractivity contribution in [1.82, 2.24) is 5.32 Å². The maximum absolute atomic E-state index is 13.6. The van der Waals surface area contributed by atoms with Gasteiger partial charge in [0.25, 0.3) is 0 Å². The minimum Gasteiger partial charge on any atom is -0.310 e. The lowest BCUT2D eigenvalue weighted by Gasteiger charge is -2.14. The van der Waals surface area contributed by atoms with Crippen molar-refractivity contribution in [2.24, 2.45) is 11.3 Å². The molecule has 0 heterocycles. The molecule has 0 spiro atoms. The van der Waals surface area contributed by atoms with Gasteiger partial charge in [-0.15, -0.1) is 0 Å². The number of rotatable bonds is 3. The highest BCUT2D eigenvalue weighted by molar-refractivity contribution is 5.35. The van der Waals surface area contributed by atoms with Crippen LogP contribution in [0.3, 0.4) is 0 Å². The predicted octanol–water partition coefficient (Wildman–Crippen LogP) is 3.45. The van der Waals surface area contributed by atoms with E-state index in [1.54, 1.807) is 6.07 Å². The summed E-state index contributed by atoms with van der Waals surface area (Å²) in [5.41, 5.74) is 2.64. The van der Waals surface area contributed by atoms with Gasteiger partial charge in [-0.1, -0.05) is 26.0 Å². The zero-order valence-corrected chi connectivity index (χ0v) is 10.6. The first kappa shape index (κ1) is 11.2. The number of nitrogens with one attached hydrogen (secondary N) is 1. The summed E-state index contributed by atoms with van der Waals surface area (Å²) in [5, 5.41) is 3.62. The topological polar surface area (TPSA) is 12.0 Å². The van der Waals surface area contributed by atoms with Crippen LogP contribution in [-0.2, 0) is 6.42 Å². The highest BCUT2D eigenvalue weighted by Gasteiger charge is 2.45. The van der Waals surface area contributed by atoms with Gasteiger partial charge >= 0.3 is 0 Å². The fourth-order valence-corrected chi connectivity index (χ4v) is 3.03. The average Bonchev–Trinajstić information content (AvgIpc) is 2.73. The van der Waals surface area contributed by atoms with Crippen LogP contribution in [-0.4, -0.2) is 6.54 Å². The Balaban J connectivity index is 1.66. The summed E-state index contributed by atoms with van der Waals surface area (Å²) >= 11 is 0. The first-order chi connectivity index (χ1) is 8.08. The van der Waals surface area contributed by atoms with E-state index < -0.39 is 0 Å². The second-order valence-electron chi connectivity index (χ2n) is 6.20. The van der Waals surface area contributed by atoms with Crippen LogP contribution < -0.4 is 5.32 Å². The highest BCUT2D eigenvalue weighted by atomic mass is 19.1. The molecule has 2 aliphatic rings. The third kappa shape index (κ3) is 1.99. The molecule has 1 nitrogen and oxygen atoms in total. The molecule has 2 aliphatic carbocycles. The second kappa shape index (κ2) is 3.81. The van der Waals surface area contributed by atoms with E-state index in [-0.39, 0.29) is 5.82 Å². The maximum atomic E-state index is 13.6. The predicted molar refractivity (Wildman–Crippen MR) is 67.4 cm³/mol. The molecule has 2 unspecified atom stereocenters. The van der Waals surface area contributed by atoms with Crippen molar-refractivity contribution in [2.75, 3.05) is 6.54 Å². The van der Waals surface area contributed by atoms with Crippen LogP contribution in [0.2, 0.25) is 0 Å². The molecule has 0 amide bonds. The lowest BCUT2D eigenvalue weighted by atomic mass is 10.1. The number of benzene rings is 1. The van der Waals surface area contributed by atoms with Crippen LogP contribution in [0, 0.1) is 17.2 Å². The van der Waals surface area contributed by atoms with Crippen molar-refractivity contribution in [3.8, 4) is 0 Å². The molecule has 0 radical (unpaired) electrons. The average molecular weight is 233 g/mol. The van der Waals surface area contributed by atoms with Crippen LogP contribution in [0.1, 0.15) is 43.9 Å². The Bertz CT molecular complexity index is 439. The van der Waals surface area contributed by atoms with Crippen molar-refractivity contribution in [1.29, 1.82) is 0 Å². The zero-order valence-electron chi connectivity index (χ0n) is 10.6. The van der Waals surface area contributed by atoms with E-state index in [4.69, 9.17) is 0 Å². The minimum atomic E-state index is -0.0291. The Morgan fingerprint density at radius 3 is 2.88 bits per heavy atom. The molecule has 1 N–H and O–H groups in total. The fraction of sp³-hybridized carbons (Fsp3) is 0.600. The van der Waals surface area contributed by atoms with Gasteiger partial charge in [-0.05, 0) is 54.3 Å². The summed E-state index contributed by atoms with van der Waals surface area (Å²) in [6.07, 6.45) is 3.25. The molecule has 1 aromatic carbocycles. The van der Waals surface area contributed by atoms with Gasteiger partial charge in [-0.3, -0.25) is 0 Å². The molecule has 3 rings (SSSR count). The SMILES string of the molecule is CC1(C)CC1CNC1CCc2c(F)cccc21. The van der Waals surface area contributed by atoms with Gasteiger partial charge in [0, 0.05) is 6.04 Å². The lowest BCUT2D eigenvalue weighted by Crippen LogP contribution is -2.23. The summed E-state index contributed by atoms with van der Waals surface area (Å²) in [7, 11) is 0. The van der Waals surface area contributed by atoms with E-state index in [1.165, 1.54) is 12.0 Å². The van der Waals surface area contributed by atoms with Crippen molar-refractivity contribution in [3.63, 3.8) is 0 Å². The summed E-state index contributed by atoms with van der Waals surface area (Å²) in [6, 6.07) is 5.85. The van der Waals surface area contributed by atoms with Crippen LogP contribution in [0.15, 0.2) is 18.2 Å². The van der Waals surface area contributed by atoms with Crippen LogP contribution >= 0.6 is 0 Å². The summed E-state index contributed by atoms with van der Waals surface area (Å²) < 4.78 is 13.6. The second-order valence-corrected chi connectivity index (χ2v) is 6.20. The molecule has 1 saturated carbocycles. The zero-order chi connectivity index (χ0) is 12.0. The standard InChI is InChI=1S/C15H20FN/c1-15(2)8-10(15)9-17-14-7-6-11-12(14)4-3-5-13(11)16/h3-5,10,14,17H,6-9H2,1-2H3. The molecule has 0 saturated heterocycles. The lowest BCUT2D eigenvalue weighted by molar-refractivity contribution is 0.466. The van der Waals surface area contributed by atoms with Crippen molar-refractivity contribution >= 4 is 0 Å². The number of hydrogen-bond donors (Lipinski definition) is 1.